The van der Waals surface area contributed by atoms with Gasteiger partial charge in [-0.1, -0.05) is 12.2 Å². The molecule has 0 radical (unpaired) electrons. The van der Waals surface area contributed by atoms with Crippen molar-refractivity contribution < 1.29 is 9.69 Å². The molecule has 0 spiro atoms. The Kier molecular flexibility index (Phi) is 4.57. The van der Waals surface area contributed by atoms with Gasteiger partial charge in [-0.05, 0) is 55.9 Å². The number of hydrogen-bond donors (Lipinski definition) is 2. The van der Waals surface area contributed by atoms with Crippen LogP contribution < -0.4 is 10.5 Å². The van der Waals surface area contributed by atoms with E-state index in [1.54, 1.807) is 11.3 Å². The van der Waals surface area contributed by atoms with Crippen molar-refractivity contribution in [1.82, 2.24) is 14.9 Å². The molecule has 1 amide bonds. The van der Waals surface area contributed by atoms with Crippen molar-refractivity contribution in [3.8, 4) is 0 Å². The molecule has 3 atom stereocenters. The predicted octanol–water partition coefficient (Wildman–Crippen LogP) is 1.30. The zero-order valence-corrected chi connectivity index (χ0v) is 18.1. The van der Waals surface area contributed by atoms with Crippen LogP contribution in [0.3, 0.4) is 0 Å². The van der Waals surface area contributed by atoms with Gasteiger partial charge in [0.2, 0.25) is 5.91 Å². The molecule has 2 bridgehead atoms. The van der Waals surface area contributed by atoms with E-state index in [4.69, 9.17) is 4.98 Å². The fourth-order valence-electron chi connectivity index (χ4n) is 6.05. The standard InChI is InChI=1S/C23H28N4O2S/c28-21-20-16-3-1-2-4-18(16)30-22(20)25-19(24-21)13-26-7-9-27(10-8-26)23(29)17-12-14-5-6-15(17)11-14/h5-6,14-15,17H,1-4,7-13H2,(H,24,25,28)/p+1/t14-,15+,17-/m1/s1. The Morgan fingerprint density at radius 2 is 2.03 bits per heavy atom. The van der Waals surface area contributed by atoms with Crippen LogP contribution in [0.1, 0.15) is 41.9 Å². The maximum atomic E-state index is 13.0. The molecule has 6 rings (SSSR count). The van der Waals surface area contributed by atoms with Crippen molar-refractivity contribution in [2.45, 2.75) is 45.1 Å². The first kappa shape index (κ1) is 18.8. The minimum Gasteiger partial charge on any atom is -0.331 e. The molecule has 0 aromatic carbocycles. The average molecular weight is 426 g/mol. The lowest BCUT2D eigenvalue weighted by molar-refractivity contribution is -0.918. The van der Waals surface area contributed by atoms with Gasteiger partial charge in [0.25, 0.3) is 5.56 Å². The second-order valence-electron chi connectivity index (χ2n) is 9.54. The number of aryl methyl sites for hydroxylation is 2. The molecule has 3 heterocycles. The van der Waals surface area contributed by atoms with Crippen LogP contribution in [0.4, 0.5) is 0 Å². The predicted molar refractivity (Wildman–Crippen MR) is 117 cm³/mol. The summed E-state index contributed by atoms with van der Waals surface area (Å²) in [5.74, 6) is 2.48. The molecule has 6 nitrogen and oxygen atoms in total. The van der Waals surface area contributed by atoms with E-state index >= 15 is 0 Å². The van der Waals surface area contributed by atoms with Crippen LogP contribution in [0.5, 0.6) is 0 Å². The molecule has 2 N–H and O–H groups in total. The molecule has 2 aromatic heterocycles. The van der Waals surface area contributed by atoms with Crippen molar-refractivity contribution in [1.29, 1.82) is 0 Å². The summed E-state index contributed by atoms with van der Waals surface area (Å²) in [4.78, 5) is 39.4. The number of hydrogen-bond acceptors (Lipinski definition) is 4. The number of fused-ring (bicyclic) bond motifs is 5. The molecule has 1 saturated heterocycles. The smallest absolute Gasteiger partial charge is 0.260 e. The summed E-state index contributed by atoms with van der Waals surface area (Å²) in [6, 6.07) is 0. The molecule has 2 fully saturated rings. The molecule has 7 heteroatoms. The molecule has 1 saturated carbocycles. The Labute approximate surface area is 180 Å². The van der Waals surface area contributed by atoms with Crippen molar-refractivity contribution in [3.63, 3.8) is 0 Å². The van der Waals surface area contributed by atoms with Gasteiger partial charge in [-0.25, -0.2) is 4.98 Å². The van der Waals surface area contributed by atoms with E-state index < -0.39 is 0 Å². The minimum absolute atomic E-state index is 0.0342. The number of nitrogens with zero attached hydrogens (tertiary/aromatic N) is 2. The largest absolute Gasteiger partial charge is 0.331 e. The molecule has 0 unspecified atom stereocenters. The number of H-pyrrole nitrogens is 1. The number of aromatic amines is 1. The van der Waals surface area contributed by atoms with Crippen molar-refractivity contribution in [2.24, 2.45) is 17.8 Å². The number of rotatable bonds is 3. The summed E-state index contributed by atoms with van der Waals surface area (Å²) < 4.78 is 0. The third kappa shape index (κ3) is 3.14. The van der Waals surface area contributed by atoms with E-state index in [1.165, 1.54) is 34.6 Å². The highest BCUT2D eigenvalue weighted by atomic mass is 32.1. The summed E-state index contributed by atoms with van der Waals surface area (Å²) in [6.07, 6.45) is 11.3. The number of allylic oxidation sites excluding steroid dienone is 2. The Morgan fingerprint density at radius 1 is 1.20 bits per heavy atom. The molecule has 2 aromatic rings. The molecule has 30 heavy (non-hydrogen) atoms. The number of carbonyl (C=O) groups is 1. The second kappa shape index (κ2) is 7.31. The van der Waals surface area contributed by atoms with Gasteiger partial charge < -0.3 is 14.8 Å². The lowest BCUT2D eigenvalue weighted by Gasteiger charge is -2.34. The lowest BCUT2D eigenvalue weighted by atomic mass is 9.92. The normalized spacial score (nSPS) is 28.4. The average Bonchev–Trinajstić information content (AvgIpc) is 3.47. The number of nitrogens with one attached hydrogen (secondary N) is 2. The Balaban J connectivity index is 1.12. The second-order valence-corrected chi connectivity index (χ2v) is 10.6. The van der Waals surface area contributed by atoms with Crippen LogP contribution in [0.2, 0.25) is 0 Å². The van der Waals surface area contributed by atoms with E-state index in [2.05, 4.69) is 22.0 Å². The highest BCUT2D eigenvalue weighted by Gasteiger charge is 2.42. The molecular formula is C23H29N4O2S+. The maximum absolute atomic E-state index is 13.0. The van der Waals surface area contributed by atoms with Crippen LogP contribution in [-0.2, 0) is 24.2 Å². The first-order chi connectivity index (χ1) is 14.7. The summed E-state index contributed by atoms with van der Waals surface area (Å²) >= 11 is 1.72. The van der Waals surface area contributed by atoms with E-state index in [0.717, 1.165) is 68.0 Å². The third-order valence-electron chi connectivity index (χ3n) is 7.67. The number of piperazine rings is 1. The fraction of sp³-hybridized carbons (Fsp3) is 0.609. The Hall–Kier alpha value is -1.99. The number of aromatic nitrogens is 2. The Bertz CT molecular complexity index is 1080. The van der Waals surface area contributed by atoms with E-state index in [9.17, 15) is 9.59 Å². The van der Waals surface area contributed by atoms with E-state index in [-0.39, 0.29) is 11.5 Å². The zero-order valence-electron chi connectivity index (χ0n) is 17.3. The molecule has 1 aliphatic heterocycles. The summed E-state index contributed by atoms with van der Waals surface area (Å²) in [5.41, 5.74) is 1.28. The van der Waals surface area contributed by atoms with Crippen molar-refractivity contribution in [2.75, 3.05) is 26.2 Å². The van der Waals surface area contributed by atoms with E-state index in [1.807, 2.05) is 0 Å². The quantitative estimate of drug-likeness (QED) is 0.729. The fourth-order valence-corrected chi connectivity index (χ4v) is 7.33. The molecular weight excluding hydrogens is 396 g/mol. The van der Waals surface area contributed by atoms with Gasteiger partial charge in [0.1, 0.15) is 11.4 Å². The lowest BCUT2D eigenvalue weighted by Crippen LogP contribution is -3.13. The summed E-state index contributed by atoms with van der Waals surface area (Å²) in [7, 11) is 0. The van der Waals surface area contributed by atoms with Gasteiger partial charge in [-0.15, -0.1) is 11.3 Å². The van der Waals surface area contributed by atoms with Gasteiger partial charge in [0.05, 0.1) is 31.6 Å². The van der Waals surface area contributed by atoms with Crippen LogP contribution in [0.25, 0.3) is 10.2 Å². The topological polar surface area (TPSA) is 70.5 Å². The van der Waals surface area contributed by atoms with Crippen LogP contribution >= 0.6 is 11.3 Å². The number of carbonyl (C=O) groups excluding carboxylic acids is 1. The van der Waals surface area contributed by atoms with Crippen LogP contribution in [0.15, 0.2) is 16.9 Å². The van der Waals surface area contributed by atoms with Crippen LogP contribution in [-0.4, -0.2) is 47.0 Å². The summed E-state index contributed by atoms with van der Waals surface area (Å²) in [5, 5.41) is 0.837. The monoisotopic (exact) mass is 425 g/mol. The maximum Gasteiger partial charge on any atom is 0.260 e. The van der Waals surface area contributed by atoms with Crippen molar-refractivity contribution >= 4 is 27.5 Å². The first-order valence-corrected chi connectivity index (χ1v) is 12.3. The number of thiophene rings is 1. The van der Waals surface area contributed by atoms with Gasteiger partial charge in [0, 0.05) is 10.8 Å². The molecule has 4 aliphatic rings. The van der Waals surface area contributed by atoms with Gasteiger partial charge in [-0.2, -0.15) is 0 Å². The number of quaternary nitrogens is 1. The number of amides is 1. The zero-order chi connectivity index (χ0) is 20.2. The SMILES string of the molecule is O=C([C@@H]1C[C@@H]2C=C[C@H]1C2)N1CC[NH+](Cc2nc3sc4c(c3c(=O)[nH]2)CCCC4)CC1. The highest BCUT2D eigenvalue weighted by molar-refractivity contribution is 7.18. The summed E-state index contributed by atoms with van der Waals surface area (Å²) in [6.45, 7) is 4.19. The van der Waals surface area contributed by atoms with Crippen molar-refractivity contribution in [3.05, 3.63) is 38.8 Å². The molecule has 3 aliphatic carbocycles. The highest BCUT2D eigenvalue weighted by Crippen LogP contribution is 2.44. The van der Waals surface area contributed by atoms with Crippen LogP contribution in [0, 0.1) is 17.8 Å². The Morgan fingerprint density at radius 3 is 2.80 bits per heavy atom. The van der Waals surface area contributed by atoms with Gasteiger partial charge in [0.15, 0.2) is 5.82 Å². The van der Waals surface area contributed by atoms with Gasteiger partial charge in [-0.3, -0.25) is 9.59 Å². The molecule has 158 valence electrons. The minimum atomic E-state index is 0.0342. The van der Waals surface area contributed by atoms with E-state index in [0.29, 0.717) is 17.7 Å². The third-order valence-corrected chi connectivity index (χ3v) is 8.86. The van der Waals surface area contributed by atoms with Gasteiger partial charge >= 0.3 is 0 Å². The first-order valence-electron chi connectivity index (χ1n) is 11.5.